The van der Waals surface area contributed by atoms with Gasteiger partial charge in [-0.25, -0.2) is 8.42 Å². The second-order valence-electron chi connectivity index (χ2n) is 7.16. The van der Waals surface area contributed by atoms with E-state index in [-0.39, 0.29) is 5.75 Å². The average Bonchev–Trinajstić information content (AvgIpc) is 2.70. The molecule has 1 N–H and O–H groups in total. The first-order valence-electron chi connectivity index (χ1n) is 10.0. The smallest absolute Gasteiger partial charge is 0.194 e. The van der Waals surface area contributed by atoms with Crippen molar-refractivity contribution in [2.75, 3.05) is 65.5 Å². The first-order valence-corrected chi connectivity index (χ1v) is 12.1. The fraction of sp³-hybridized carbons (Fsp3) is 0.650. The van der Waals surface area contributed by atoms with Crippen molar-refractivity contribution in [1.82, 2.24) is 15.1 Å². The van der Waals surface area contributed by atoms with Crippen molar-refractivity contribution >= 4 is 15.8 Å². The minimum Gasteiger partial charge on any atom is -0.497 e. The standard InChI is InChI=1S/C20H34N4O4S/c1-5-21-20(22-9-6-14-29(4,25)26)24-12-10-23(11-13-24)16-17-15-18(27-2)7-8-19(17)28-3/h7-8,15H,5-6,9-14,16H2,1-4H3,(H,21,22). The lowest BCUT2D eigenvalue weighted by Crippen LogP contribution is -2.52. The van der Waals surface area contributed by atoms with Gasteiger partial charge in [-0.2, -0.15) is 0 Å². The molecule has 164 valence electrons. The summed E-state index contributed by atoms with van der Waals surface area (Å²) in [5, 5.41) is 3.32. The first-order chi connectivity index (χ1) is 13.9. The van der Waals surface area contributed by atoms with E-state index < -0.39 is 9.84 Å². The number of methoxy groups -OCH3 is 2. The molecule has 1 aliphatic heterocycles. The molecule has 1 saturated heterocycles. The van der Waals surface area contributed by atoms with Crippen molar-refractivity contribution < 1.29 is 17.9 Å². The molecule has 0 spiro atoms. The van der Waals surface area contributed by atoms with Gasteiger partial charge < -0.3 is 19.7 Å². The average molecular weight is 427 g/mol. The highest BCUT2D eigenvalue weighted by atomic mass is 32.2. The van der Waals surface area contributed by atoms with Gasteiger partial charge in [-0.15, -0.1) is 0 Å². The molecule has 8 nitrogen and oxygen atoms in total. The van der Waals surface area contributed by atoms with E-state index in [0.29, 0.717) is 13.0 Å². The number of nitrogens with one attached hydrogen (secondary N) is 1. The van der Waals surface area contributed by atoms with Gasteiger partial charge >= 0.3 is 0 Å². The summed E-state index contributed by atoms with van der Waals surface area (Å²) in [4.78, 5) is 9.24. The number of hydrogen-bond acceptors (Lipinski definition) is 6. The maximum Gasteiger partial charge on any atom is 0.194 e. The van der Waals surface area contributed by atoms with Crippen molar-refractivity contribution in [2.24, 2.45) is 4.99 Å². The van der Waals surface area contributed by atoms with Crippen LogP contribution in [0.4, 0.5) is 0 Å². The summed E-state index contributed by atoms with van der Waals surface area (Å²) in [7, 11) is 0.419. The van der Waals surface area contributed by atoms with Crippen molar-refractivity contribution in [3.8, 4) is 11.5 Å². The SMILES string of the molecule is CCNC(=NCCCS(C)(=O)=O)N1CCN(Cc2cc(OC)ccc2OC)CC1. The Morgan fingerprint density at radius 3 is 2.48 bits per heavy atom. The summed E-state index contributed by atoms with van der Waals surface area (Å²) in [5.74, 6) is 2.73. The van der Waals surface area contributed by atoms with E-state index in [1.165, 1.54) is 6.26 Å². The summed E-state index contributed by atoms with van der Waals surface area (Å²) in [6.07, 6.45) is 1.81. The Morgan fingerprint density at radius 1 is 1.17 bits per heavy atom. The normalized spacial score (nSPS) is 16.0. The molecule has 0 aromatic heterocycles. The van der Waals surface area contributed by atoms with E-state index in [4.69, 9.17) is 9.47 Å². The molecule has 1 aromatic rings. The third-order valence-corrected chi connectivity index (χ3v) is 5.85. The van der Waals surface area contributed by atoms with Crippen LogP contribution in [-0.4, -0.2) is 89.7 Å². The van der Waals surface area contributed by atoms with Gasteiger partial charge in [0.15, 0.2) is 5.96 Å². The van der Waals surface area contributed by atoms with Gasteiger partial charge in [-0.3, -0.25) is 9.89 Å². The minimum absolute atomic E-state index is 0.173. The molecule has 1 aliphatic rings. The van der Waals surface area contributed by atoms with Crippen molar-refractivity contribution in [3.05, 3.63) is 23.8 Å². The van der Waals surface area contributed by atoms with Gasteiger partial charge in [-0.05, 0) is 31.5 Å². The number of nitrogens with zero attached hydrogens (tertiary/aromatic N) is 3. The van der Waals surface area contributed by atoms with Gasteiger partial charge in [0.1, 0.15) is 21.3 Å². The molecule has 9 heteroatoms. The van der Waals surface area contributed by atoms with Crippen LogP contribution in [0.1, 0.15) is 18.9 Å². The summed E-state index contributed by atoms with van der Waals surface area (Å²) in [5.41, 5.74) is 1.11. The maximum atomic E-state index is 11.3. The fourth-order valence-electron chi connectivity index (χ4n) is 3.30. The first kappa shape index (κ1) is 23.3. The number of ether oxygens (including phenoxy) is 2. The highest BCUT2D eigenvalue weighted by Crippen LogP contribution is 2.25. The molecule has 0 saturated carbocycles. The van der Waals surface area contributed by atoms with Crippen molar-refractivity contribution in [3.63, 3.8) is 0 Å². The molecule has 0 bridgehead atoms. The molecule has 0 atom stereocenters. The summed E-state index contributed by atoms with van der Waals surface area (Å²) < 4.78 is 33.4. The molecule has 1 heterocycles. The predicted octanol–water partition coefficient (Wildman–Crippen LogP) is 1.22. The third-order valence-electron chi connectivity index (χ3n) is 4.82. The summed E-state index contributed by atoms with van der Waals surface area (Å²) in [6.45, 7) is 7.69. The molecule has 29 heavy (non-hydrogen) atoms. The van der Waals surface area contributed by atoms with E-state index in [0.717, 1.165) is 62.3 Å². The van der Waals surface area contributed by atoms with E-state index in [9.17, 15) is 8.42 Å². The van der Waals surface area contributed by atoms with Crippen LogP contribution < -0.4 is 14.8 Å². The van der Waals surface area contributed by atoms with E-state index >= 15 is 0 Å². The van der Waals surface area contributed by atoms with Gasteiger partial charge in [0, 0.05) is 57.6 Å². The summed E-state index contributed by atoms with van der Waals surface area (Å²) in [6, 6.07) is 5.87. The van der Waals surface area contributed by atoms with E-state index in [1.54, 1.807) is 14.2 Å². The largest absolute Gasteiger partial charge is 0.497 e. The number of sulfone groups is 1. The molecular weight excluding hydrogens is 392 g/mol. The van der Waals surface area contributed by atoms with Gasteiger partial charge in [0.2, 0.25) is 0 Å². The number of aliphatic imine (C=N–C) groups is 1. The number of benzene rings is 1. The highest BCUT2D eigenvalue weighted by molar-refractivity contribution is 7.90. The lowest BCUT2D eigenvalue weighted by atomic mass is 10.1. The van der Waals surface area contributed by atoms with Crippen LogP contribution in [-0.2, 0) is 16.4 Å². The minimum atomic E-state index is -2.94. The zero-order valence-electron chi connectivity index (χ0n) is 18.0. The Kier molecular flexibility index (Phi) is 9.03. The predicted molar refractivity (Wildman–Crippen MR) is 117 cm³/mol. The van der Waals surface area contributed by atoms with Crippen LogP contribution in [0, 0.1) is 0 Å². The van der Waals surface area contributed by atoms with Crippen molar-refractivity contribution in [2.45, 2.75) is 19.9 Å². The lowest BCUT2D eigenvalue weighted by Gasteiger charge is -2.36. The third kappa shape index (κ3) is 7.74. The Labute approximate surface area is 174 Å². The van der Waals surface area contributed by atoms with Crippen LogP contribution in [0.5, 0.6) is 11.5 Å². The number of guanidine groups is 1. The Balaban J connectivity index is 1.92. The summed E-state index contributed by atoms with van der Waals surface area (Å²) >= 11 is 0. The van der Waals surface area contributed by atoms with Crippen LogP contribution in [0.15, 0.2) is 23.2 Å². The Morgan fingerprint density at radius 2 is 1.90 bits per heavy atom. The lowest BCUT2D eigenvalue weighted by molar-refractivity contribution is 0.171. The molecule has 1 aromatic carbocycles. The molecule has 0 unspecified atom stereocenters. The monoisotopic (exact) mass is 426 g/mol. The van der Waals surface area contributed by atoms with E-state index in [1.807, 2.05) is 25.1 Å². The second-order valence-corrected chi connectivity index (χ2v) is 9.42. The zero-order valence-corrected chi connectivity index (χ0v) is 18.8. The molecule has 2 rings (SSSR count). The fourth-order valence-corrected chi connectivity index (χ4v) is 3.96. The zero-order chi connectivity index (χ0) is 21.3. The van der Waals surface area contributed by atoms with E-state index in [2.05, 4.69) is 20.1 Å². The van der Waals surface area contributed by atoms with Crippen LogP contribution in [0.25, 0.3) is 0 Å². The Hall–Kier alpha value is -2.00. The molecule has 1 fully saturated rings. The maximum absolute atomic E-state index is 11.3. The molecular formula is C20H34N4O4S. The van der Waals surface area contributed by atoms with Gasteiger partial charge in [0.05, 0.1) is 20.0 Å². The number of piperazine rings is 1. The molecule has 0 aliphatic carbocycles. The quantitative estimate of drug-likeness (QED) is 0.361. The van der Waals surface area contributed by atoms with Crippen molar-refractivity contribution in [1.29, 1.82) is 0 Å². The Bertz CT molecular complexity index is 775. The molecule has 0 amide bonds. The number of hydrogen-bond donors (Lipinski definition) is 1. The molecule has 0 radical (unpaired) electrons. The van der Waals surface area contributed by atoms with Crippen LogP contribution >= 0.6 is 0 Å². The van der Waals surface area contributed by atoms with Crippen LogP contribution in [0.2, 0.25) is 0 Å². The highest BCUT2D eigenvalue weighted by Gasteiger charge is 2.20. The van der Waals surface area contributed by atoms with Gasteiger partial charge in [-0.1, -0.05) is 0 Å². The number of rotatable bonds is 9. The topological polar surface area (TPSA) is 83.5 Å². The van der Waals surface area contributed by atoms with Gasteiger partial charge in [0.25, 0.3) is 0 Å². The van der Waals surface area contributed by atoms with Crippen LogP contribution in [0.3, 0.4) is 0 Å². The second kappa shape index (κ2) is 11.3.